The molecule has 2 saturated heterocycles. The average Bonchev–Trinajstić information content (AvgIpc) is 3.24. The van der Waals surface area contributed by atoms with Crippen molar-refractivity contribution in [2.45, 2.75) is 51.6 Å². The van der Waals surface area contributed by atoms with Crippen molar-refractivity contribution in [3.63, 3.8) is 0 Å². The first-order chi connectivity index (χ1) is 15.3. The Balaban J connectivity index is 1.85. The monoisotopic (exact) mass is 434 g/mol. The summed E-state index contributed by atoms with van der Waals surface area (Å²) in [7, 11) is 0. The Labute approximate surface area is 188 Å². The number of carbonyl (C=O) groups is 3. The number of fused-ring (bicyclic) bond motifs is 1. The molecule has 6 heteroatoms. The third kappa shape index (κ3) is 3.52. The van der Waals surface area contributed by atoms with Gasteiger partial charge in [0.05, 0.1) is 11.8 Å². The Bertz CT molecular complexity index is 1050. The molecule has 0 aromatic heterocycles. The number of hydrogen-bond acceptors (Lipinski definition) is 4. The van der Waals surface area contributed by atoms with Crippen LogP contribution in [0, 0.1) is 25.7 Å². The maximum absolute atomic E-state index is 13.5. The van der Waals surface area contributed by atoms with Gasteiger partial charge in [-0.1, -0.05) is 67.4 Å². The zero-order valence-electron chi connectivity index (χ0n) is 18.8. The summed E-state index contributed by atoms with van der Waals surface area (Å²) in [6.45, 7) is 6.27. The van der Waals surface area contributed by atoms with E-state index in [0.29, 0.717) is 13.0 Å². The Morgan fingerprint density at radius 2 is 1.81 bits per heavy atom. The van der Waals surface area contributed by atoms with Gasteiger partial charge in [-0.05, 0) is 37.0 Å². The van der Waals surface area contributed by atoms with Gasteiger partial charge in [0, 0.05) is 19.0 Å². The van der Waals surface area contributed by atoms with Crippen LogP contribution in [-0.2, 0) is 20.8 Å². The number of rotatable bonds is 7. The van der Waals surface area contributed by atoms with E-state index in [9.17, 15) is 19.5 Å². The van der Waals surface area contributed by atoms with Crippen molar-refractivity contribution < 1.29 is 19.5 Å². The fraction of sp³-hybridized carbons (Fsp3) is 0.423. The number of unbranched alkanes of at least 4 members (excludes halogenated alkanes) is 1. The molecule has 168 valence electrons. The maximum atomic E-state index is 13.5. The van der Waals surface area contributed by atoms with Gasteiger partial charge in [-0.2, -0.15) is 0 Å². The highest BCUT2D eigenvalue weighted by Gasteiger charge is 2.68. The van der Waals surface area contributed by atoms with E-state index in [4.69, 9.17) is 0 Å². The van der Waals surface area contributed by atoms with Gasteiger partial charge in [0.15, 0.2) is 0 Å². The van der Waals surface area contributed by atoms with Crippen molar-refractivity contribution in [3.8, 4) is 0 Å². The number of carboxylic acids is 1. The molecule has 0 bridgehead atoms. The van der Waals surface area contributed by atoms with Crippen molar-refractivity contribution in [2.75, 3.05) is 6.54 Å². The number of hydrogen-bond donors (Lipinski definition) is 2. The minimum Gasteiger partial charge on any atom is -0.480 e. The molecule has 2 aliphatic heterocycles. The van der Waals surface area contributed by atoms with E-state index in [0.717, 1.165) is 28.7 Å². The quantitative estimate of drug-likeness (QED) is 0.652. The topological polar surface area (TPSA) is 86.7 Å². The lowest BCUT2D eigenvalue weighted by Gasteiger charge is -2.31. The first kappa shape index (κ1) is 22.2. The van der Waals surface area contributed by atoms with Crippen molar-refractivity contribution in [1.82, 2.24) is 10.2 Å². The minimum atomic E-state index is -1.55. The molecule has 0 aliphatic carbocycles. The summed E-state index contributed by atoms with van der Waals surface area (Å²) < 4.78 is 0. The Morgan fingerprint density at radius 3 is 2.47 bits per heavy atom. The molecule has 0 spiro atoms. The number of amides is 2. The second-order valence-corrected chi connectivity index (χ2v) is 9.11. The van der Waals surface area contributed by atoms with E-state index < -0.39 is 29.4 Å². The molecule has 2 aromatic rings. The molecule has 4 atom stereocenters. The highest BCUT2D eigenvalue weighted by molar-refractivity contribution is 6.09. The van der Waals surface area contributed by atoms with Crippen molar-refractivity contribution in [1.29, 1.82) is 0 Å². The maximum Gasteiger partial charge on any atom is 0.325 e. The second kappa shape index (κ2) is 8.51. The van der Waals surface area contributed by atoms with Crippen LogP contribution in [0.2, 0.25) is 0 Å². The van der Waals surface area contributed by atoms with Crippen LogP contribution in [0.15, 0.2) is 48.5 Å². The van der Waals surface area contributed by atoms with Gasteiger partial charge >= 0.3 is 5.97 Å². The lowest BCUT2D eigenvalue weighted by atomic mass is 9.76. The standard InChI is InChI=1S/C26H30N2O4/c1-4-5-13-28-23(29)20-21(24(28)30)26(25(31)32,15-18-9-7-6-8-10-18)27-22(20)19-14-16(2)11-12-17(19)3/h6-12,14,20-22,27H,4-5,13,15H2,1-3H3,(H,31,32). The van der Waals surface area contributed by atoms with Crippen LogP contribution in [-0.4, -0.2) is 39.9 Å². The van der Waals surface area contributed by atoms with Gasteiger partial charge in [0.1, 0.15) is 5.54 Å². The molecular weight excluding hydrogens is 404 g/mol. The van der Waals surface area contributed by atoms with Crippen LogP contribution in [0.3, 0.4) is 0 Å². The normalized spacial score (nSPS) is 27.1. The number of carbonyl (C=O) groups excluding carboxylic acids is 2. The van der Waals surface area contributed by atoms with Gasteiger partial charge in [0.25, 0.3) is 0 Å². The smallest absolute Gasteiger partial charge is 0.325 e. The van der Waals surface area contributed by atoms with Crippen molar-refractivity contribution >= 4 is 17.8 Å². The number of imide groups is 1. The molecule has 2 fully saturated rings. The predicted octanol–water partition coefficient (Wildman–Crippen LogP) is 3.42. The van der Waals surface area contributed by atoms with Crippen LogP contribution in [0.25, 0.3) is 0 Å². The highest BCUT2D eigenvalue weighted by atomic mass is 16.4. The third-order valence-electron chi connectivity index (χ3n) is 6.96. The van der Waals surface area contributed by atoms with E-state index in [2.05, 4.69) is 5.32 Å². The van der Waals surface area contributed by atoms with E-state index in [1.807, 2.05) is 69.3 Å². The molecule has 2 N–H and O–H groups in total. The number of nitrogens with one attached hydrogen (secondary N) is 1. The third-order valence-corrected chi connectivity index (χ3v) is 6.96. The summed E-state index contributed by atoms with van der Waals surface area (Å²) in [6, 6.07) is 14.7. The summed E-state index contributed by atoms with van der Waals surface area (Å²) in [6.07, 6.45) is 1.68. The Morgan fingerprint density at radius 1 is 1.09 bits per heavy atom. The van der Waals surface area contributed by atoms with E-state index in [1.165, 1.54) is 4.90 Å². The molecular formula is C26H30N2O4. The molecule has 2 heterocycles. The average molecular weight is 435 g/mol. The minimum absolute atomic E-state index is 0.131. The molecule has 0 radical (unpaired) electrons. The molecule has 2 aliphatic rings. The molecule has 2 amide bonds. The first-order valence-corrected chi connectivity index (χ1v) is 11.3. The number of benzene rings is 2. The largest absolute Gasteiger partial charge is 0.480 e. The van der Waals surface area contributed by atoms with Crippen LogP contribution in [0.4, 0.5) is 0 Å². The first-order valence-electron chi connectivity index (χ1n) is 11.3. The summed E-state index contributed by atoms with van der Waals surface area (Å²) in [5, 5.41) is 13.8. The van der Waals surface area contributed by atoms with Gasteiger partial charge in [0.2, 0.25) is 11.8 Å². The zero-order chi connectivity index (χ0) is 23.0. The number of carboxylic acid groups (broad SMARTS) is 1. The number of nitrogens with zero attached hydrogens (tertiary/aromatic N) is 1. The van der Waals surface area contributed by atoms with E-state index >= 15 is 0 Å². The molecule has 0 saturated carbocycles. The molecule has 4 rings (SSSR count). The Hall–Kier alpha value is -2.99. The highest BCUT2D eigenvalue weighted by Crippen LogP contribution is 2.50. The van der Waals surface area contributed by atoms with Crippen LogP contribution < -0.4 is 5.32 Å². The fourth-order valence-electron chi connectivity index (χ4n) is 5.31. The SMILES string of the molecule is CCCCN1C(=O)C2C(c3cc(C)ccc3C)NC(Cc3ccccc3)(C(=O)O)C2C1=O. The summed E-state index contributed by atoms with van der Waals surface area (Å²) in [4.78, 5) is 41.2. The second-order valence-electron chi connectivity index (χ2n) is 9.11. The lowest BCUT2D eigenvalue weighted by Crippen LogP contribution is -2.57. The van der Waals surface area contributed by atoms with Crippen molar-refractivity contribution in [3.05, 3.63) is 70.8 Å². The van der Waals surface area contributed by atoms with E-state index in [1.54, 1.807) is 0 Å². The van der Waals surface area contributed by atoms with Gasteiger partial charge in [-0.15, -0.1) is 0 Å². The van der Waals surface area contributed by atoms with Crippen molar-refractivity contribution in [2.24, 2.45) is 11.8 Å². The molecule has 6 nitrogen and oxygen atoms in total. The number of aryl methyl sites for hydroxylation is 2. The summed E-state index contributed by atoms with van der Waals surface area (Å²) >= 11 is 0. The molecule has 4 unspecified atom stereocenters. The summed E-state index contributed by atoms with van der Waals surface area (Å²) in [5.41, 5.74) is 2.14. The molecule has 2 aromatic carbocycles. The van der Waals surface area contributed by atoms with Gasteiger partial charge < -0.3 is 5.11 Å². The number of aliphatic carboxylic acids is 1. The van der Waals surface area contributed by atoms with Crippen LogP contribution in [0.1, 0.15) is 48.1 Å². The van der Waals surface area contributed by atoms with Crippen LogP contribution >= 0.6 is 0 Å². The lowest BCUT2D eigenvalue weighted by molar-refractivity contribution is -0.151. The Kier molecular flexibility index (Phi) is 5.91. The van der Waals surface area contributed by atoms with E-state index in [-0.39, 0.29) is 18.2 Å². The van der Waals surface area contributed by atoms with Gasteiger partial charge in [-0.25, -0.2) is 0 Å². The zero-order valence-corrected chi connectivity index (χ0v) is 18.8. The predicted molar refractivity (Wildman–Crippen MR) is 121 cm³/mol. The summed E-state index contributed by atoms with van der Waals surface area (Å²) in [5.74, 6) is -3.41. The fourth-order valence-corrected chi connectivity index (χ4v) is 5.31. The van der Waals surface area contributed by atoms with Gasteiger partial charge in [-0.3, -0.25) is 24.6 Å². The van der Waals surface area contributed by atoms with Crippen LogP contribution in [0.5, 0.6) is 0 Å². The molecule has 32 heavy (non-hydrogen) atoms. The number of likely N-dealkylation sites (tertiary alicyclic amines) is 1.